The van der Waals surface area contributed by atoms with Crippen LogP contribution in [0, 0.1) is 17.5 Å². The van der Waals surface area contributed by atoms with Gasteiger partial charge < -0.3 is 4.74 Å². The number of rotatable bonds is 10. The lowest BCUT2D eigenvalue weighted by Crippen LogP contribution is -1.97. The predicted molar refractivity (Wildman–Crippen MR) is 141 cm³/mol. The molecule has 36 heavy (non-hydrogen) atoms. The zero-order valence-electron chi connectivity index (χ0n) is 20.4. The van der Waals surface area contributed by atoms with Crippen LogP contribution in [0.4, 0.5) is 13.2 Å². The fraction of sp³-hybridized carbons (Fsp3) is 0.188. The highest BCUT2D eigenvalue weighted by atomic mass is 19.1. The molecule has 0 aliphatic carbocycles. The van der Waals surface area contributed by atoms with E-state index in [0.29, 0.717) is 36.1 Å². The second kappa shape index (κ2) is 11.8. The Morgan fingerprint density at radius 1 is 0.667 bits per heavy atom. The minimum absolute atomic E-state index is 0.145. The fourth-order valence-electron chi connectivity index (χ4n) is 4.23. The van der Waals surface area contributed by atoms with Crippen molar-refractivity contribution in [2.75, 3.05) is 6.61 Å². The van der Waals surface area contributed by atoms with Crippen LogP contribution in [0.15, 0.2) is 91.5 Å². The molecule has 1 nitrogen and oxygen atoms in total. The molecule has 0 amide bonds. The first kappa shape index (κ1) is 25.3. The van der Waals surface area contributed by atoms with E-state index in [2.05, 4.69) is 18.7 Å². The van der Waals surface area contributed by atoms with E-state index >= 15 is 0 Å². The molecule has 0 aliphatic rings. The largest absolute Gasteiger partial charge is 0.491 e. The lowest BCUT2D eigenvalue weighted by molar-refractivity contribution is 0.321. The highest BCUT2D eigenvalue weighted by Gasteiger charge is 2.12. The normalized spacial score (nSPS) is 10.9. The second-order valence-electron chi connectivity index (χ2n) is 8.72. The van der Waals surface area contributed by atoms with Gasteiger partial charge in [0, 0.05) is 5.56 Å². The van der Waals surface area contributed by atoms with E-state index in [9.17, 15) is 13.2 Å². The quantitative estimate of drug-likeness (QED) is 0.204. The minimum Gasteiger partial charge on any atom is -0.491 e. The number of hydrogen-bond donors (Lipinski definition) is 0. The molecule has 0 saturated carbocycles. The highest BCUT2D eigenvalue weighted by molar-refractivity contribution is 5.66. The van der Waals surface area contributed by atoms with Crippen LogP contribution in [0.25, 0.3) is 22.3 Å². The lowest BCUT2D eigenvalue weighted by Gasteiger charge is -2.10. The average molecular weight is 487 g/mol. The number of halogens is 3. The Kier molecular flexibility index (Phi) is 8.27. The Labute approximate surface area is 210 Å². The van der Waals surface area contributed by atoms with Crippen molar-refractivity contribution in [2.24, 2.45) is 0 Å². The molecule has 0 saturated heterocycles. The number of ether oxygens (including phenoxy) is 1. The molecule has 0 unspecified atom stereocenters. The van der Waals surface area contributed by atoms with E-state index in [1.54, 1.807) is 37.3 Å². The smallest absolute Gasteiger partial charge is 0.165 e. The molecule has 0 radical (unpaired) electrons. The molecule has 0 bridgehead atoms. The van der Waals surface area contributed by atoms with Crippen LogP contribution in [-0.2, 0) is 19.3 Å². The van der Waals surface area contributed by atoms with Crippen molar-refractivity contribution in [3.63, 3.8) is 0 Å². The first-order valence-electron chi connectivity index (χ1n) is 12.2. The first-order valence-corrected chi connectivity index (χ1v) is 12.2. The molecule has 4 aromatic rings. The van der Waals surface area contributed by atoms with Gasteiger partial charge in [0.1, 0.15) is 11.6 Å². The highest BCUT2D eigenvalue weighted by Crippen LogP contribution is 2.29. The molecule has 0 N–H and O–H groups in total. The average Bonchev–Trinajstić information content (AvgIpc) is 2.88. The number of benzene rings is 4. The zero-order chi connectivity index (χ0) is 25.5. The van der Waals surface area contributed by atoms with E-state index in [4.69, 9.17) is 4.74 Å². The Bertz CT molecular complexity index is 1340. The second-order valence-corrected chi connectivity index (χ2v) is 8.72. The van der Waals surface area contributed by atoms with Gasteiger partial charge in [-0.15, -0.1) is 6.58 Å². The van der Waals surface area contributed by atoms with Crippen LogP contribution < -0.4 is 4.74 Å². The summed E-state index contributed by atoms with van der Waals surface area (Å²) in [6.07, 6.45) is 4.70. The molecule has 4 rings (SSSR count). The Hall–Kier alpha value is -3.79. The molecule has 0 spiro atoms. The first-order chi connectivity index (χ1) is 17.5. The van der Waals surface area contributed by atoms with Crippen LogP contribution >= 0.6 is 0 Å². The van der Waals surface area contributed by atoms with Crippen molar-refractivity contribution in [3.05, 3.63) is 126 Å². The van der Waals surface area contributed by atoms with Crippen LogP contribution in [0.3, 0.4) is 0 Å². The summed E-state index contributed by atoms with van der Waals surface area (Å²) in [5.74, 6) is -1.10. The zero-order valence-corrected chi connectivity index (χ0v) is 20.4. The molecule has 0 fully saturated rings. The fourth-order valence-corrected chi connectivity index (χ4v) is 4.23. The van der Waals surface area contributed by atoms with Gasteiger partial charge in [-0.25, -0.2) is 13.2 Å². The molecular formula is C32H29F3O. The molecule has 0 aromatic heterocycles. The van der Waals surface area contributed by atoms with E-state index in [-0.39, 0.29) is 11.6 Å². The Morgan fingerprint density at radius 3 is 2.03 bits per heavy atom. The summed E-state index contributed by atoms with van der Waals surface area (Å²) in [5, 5.41) is 0. The van der Waals surface area contributed by atoms with Crippen molar-refractivity contribution in [3.8, 4) is 28.0 Å². The molecule has 0 heterocycles. The van der Waals surface area contributed by atoms with Gasteiger partial charge in [0.05, 0.1) is 6.61 Å². The summed E-state index contributed by atoms with van der Waals surface area (Å²) in [4.78, 5) is 0. The summed E-state index contributed by atoms with van der Waals surface area (Å²) in [5.41, 5.74) is 5.10. The molecule has 0 aliphatic heterocycles. The summed E-state index contributed by atoms with van der Waals surface area (Å²) in [6.45, 7) is 5.88. The Morgan fingerprint density at radius 2 is 1.36 bits per heavy atom. The predicted octanol–water partition coefficient (Wildman–Crippen LogP) is 8.74. The topological polar surface area (TPSA) is 9.23 Å². The van der Waals surface area contributed by atoms with Gasteiger partial charge in [0.2, 0.25) is 0 Å². The van der Waals surface area contributed by atoms with Crippen LogP contribution in [0.1, 0.15) is 30.0 Å². The minimum atomic E-state index is -0.527. The maximum absolute atomic E-state index is 14.8. The summed E-state index contributed by atoms with van der Waals surface area (Å²) in [7, 11) is 0. The lowest BCUT2D eigenvalue weighted by atomic mass is 9.97. The maximum atomic E-state index is 14.8. The van der Waals surface area contributed by atoms with Crippen molar-refractivity contribution < 1.29 is 17.9 Å². The van der Waals surface area contributed by atoms with Crippen LogP contribution in [-0.4, -0.2) is 6.61 Å². The Balaban J connectivity index is 1.42. The van der Waals surface area contributed by atoms with E-state index in [1.165, 1.54) is 23.8 Å². The van der Waals surface area contributed by atoms with E-state index in [1.807, 2.05) is 24.3 Å². The number of aryl methyl sites for hydroxylation is 3. The third-order valence-electron chi connectivity index (χ3n) is 6.24. The van der Waals surface area contributed by atoms with Crippen molar-refractivity contribution in [1.82, 2.24) is 0 Å². The SMILES string of the molecule is C=CCCc1ccc(-c2ccc(CCc3ccc(-c4ccc(OCC)c(F)c4)c(F)c3)c(F)c2)cc1. The molecule has 184 valence electrons. The van der Waals surface area contributed by atoms with Gasteiger partial charge in [-0.1, -0.05) is 60.7 Å². The number of hydrogen-bond acceptors (Lipinski definition) is 1. The van der Waals surface area contributed by atoms with Gasteiger partial charge in [0.25, 0.3) is 0 Å². The summed E-state index contributed by atoms with van der Waals surface area (Å²) >= 11 is 0. The maximum Gasteiger partial charge on any atom is 0.165 e. The van der Waals surface area contributed by atoms with Gasteiger partial charge in [0.15, 0.2) is 11.6 Å². The monoisotopic (exact) mass is 486 g/mol. The van der Waals surface area contributed by atoms with E-state index < -0.39 is 11.6 Å². The van der Waals surface area contributed by atoms with E-state index in [0.717, 1.165) is 29.5 Å². The van der Waals surface area contributed by atoms with Crippen molar-refractivity contribution >= 4 is 0 Å². The van der Waals surface area contributed by atoms with Gasteiger partial charge in [-0.3, -0.25) is 0 Å². The molecule has 0 atom stereocenters. The molecular weight excluding hydrogens is 457 g/mol. The van der Waals surface area contributed by atoms with Crippen LogP contribution in [0.5, 0.6) is 5.75 Å². The van der Waals surface area contributed by atoms with Crippen LogP contribution in [0.2, 0.25) is 0 Å². The van der Waals surface area contributed by atoms with Crippen molar-refractivity contribution in [1.29, 1.82) is 0 Å². The summed E-state index contributed by atoms with van der Waals surface area (Å²) < 4.78 is 49.1. The van der Waals surface area contributed by atoms with Gasteiger partial charge in [-0.2, -0.15) is 0 Å². The third kappa shape index (κ3) is 6.06. The van der Waals surface area contributed by atoms with Crippen molar-refractivity contribution in [2.45, 2.75) is 32.6 Å². The summed E-state index contributed by atoms with van der Waals surface area (Å²) in [6, 6.07) is 22.7. The van der Waals surface area contributed by atoms with Gasteiger partial charge >= 0.3 is 0 Å². The third-order valence-corrected chi connectivity index (χ3v) is 6.24. The standard InChI is InChI=1S/C32H29F3O/c1-3-5-6-22-7-11-24(12-8-22)26-15-14-25(29(33)20-26)13-9-23-10-17-28(30(34)19-23)27-16-18-32(36-4-2)31(35)21-27/h3,7-8,10-12,14-21H,1,4-6,9,13H2,2H3. The number of allylic oxidation sites excluding steroid dienone is 1. The van der Waals surface area contributed by atoms with Gasteiger partial charge in [-0.05, 0) is 90.3 Å². The molecule has 4 heteroatoms. The molecule has 4 aromatic carbocycles.